The molecule has 0 saturated carbocycles. The molecule has 2 aromatic rings. The van der Waals surface area contributed by atoms with Crippen LogP contribution in [-0.2, 0) is 10.3 Å². The fourth-order valence-electron chi connectivity index (χ4n) is 2.82. The molecule has 2 N–H and O–H groups in total. The maximum atomic E-state index is 15.2. The van der Waals surface area contributed by atoms with Crippen LogP contribution < -0.4 is 5.32 Å². The van der Waals surface area contributed by atoms with E-state index in [1.807, 2.05) is 0 Å². The summed E-state index contributed by atoms with van der Waals surface area (Å²) in [6.07, 6.45) is -0.0497. The molecule has 1 atom stereocenters. The molecule has 26 heavy (non-hydrogen) atoms. The summed E-state index contributed by atoms with van der Waals surface area (Å²) in [4.78, 5) is 13.4. The Bertz CT molecular complexity index is 964. The van der Waals surface area contributed by atoms with E-state index < -0.39 is 17.2 Å². The van der Waals surface area contributed by atoms with E-state index in [1.165, 1.54) is 19.2 Å². The first-order valence-electron chi connectivity index (χ1n) is 7.49. The van der Waals surface area contributed by atoms with Crippen molar-refractivity contribution in [3.63, 3.8) is 0 Å². The van der Waals surface area contributed by atoms with Crippen LogP contribution in [0.25, 0.3) is 11.1 Å². The first-order chi connectivity index (χ1) is 12.2. The van der Waals surface area contributed by atoms with Crippen LogP contribution in [0.2, 0.25) is 4.34 Å². The number of hydrogen-bond acceptors (Lipinski definition) is 4. The van der Waals surface area contributed by atoms with Crippen LogP contribution in [0, 0.1) is 28.4 Å². The van der Waals surface area contributed by atoms with Gasteiger partial charge in [-0.2, -0.15) is 5.26 Å². The number of benzene rings is 1. The number of nitrogens with zero attached hydrogens (tertiary/aromatic N) is 2. The molecule has 1 aromatic carbocycles. The SMILES string of the molecule is CN1C(=N)N[C@](C)(c2sc(Cl)c(-c3ccc(F)c(C#N)c3)c2F)CC1=O. The number of carbonyl (C=O) groups is 1. The monoisotopic (exact) mass is 394 g/mol. The molecule has 1 aliphatic heterocycles. The van der Waals surface area contributed by atoms with Crippen molar-refractivity contribution >= 4 is 34.8 Å². The van der Waals surface area contributed by atoms with Crippen molar-refractivity contribution in [2.45, 2.75) is 18.9 Å². The zero-order valence-corrected chi connectivity index (χ0v) is 15.4. The second-order valence-corrected chi connectivity index (χ2v) is 7.76. The molecular weight excluding hydrogens is 382 g/mol. The Kier molecular flexibility index (Phi) is 4.46. The first-order valence-corrected chi connectivity index (χ1v) is 8.69. The fraction of sp³-hybridized carbons (Fsp3) is 0.235. The summed E-state index contributed by atoms with van der Waals surface area (Å²) in [5.41, 5.74) is -1.03. The van der Waals surface area contributed by atoms with Crippen LogP contribution in [0.4, 0.5) is 8.78 Å². The molecule has 0 unspecified atom stereocenters. The number of guanidine groups is 1. The van der Waals surface area contributed by atoms with E-state index in [9.17, 15) is 9.18 Å². The van der Waals surface area contributed by atoms with Crippen LogP contribution in [0.1, 0.15) is 23.8 Å². The van der Waals surface area contributed by atoms with E-state index in [-0.39, 0.29) is 44.2 Å². The third-order valence-electron chi connectivity index (χ3n) is 4.29. The lowest BCUT2D eigenvalue weighted by Crippen LogP contribution is -2.58. The summed E-state index contributed by atoms with van der Waals surface area (Å²) in [6.45, 7) is 1.62. The van der Waals surface area contributed by atoms with E-state index >= 15 is 4.39 Å². The van der Waals surface area contributed by atoms with Gasteiger partial charge in [-0.1, -0.05) is 17.7 Å². The highest BCUT2D eigenvalue weighted by Gasteiger charge is 2.42. The molecule has 1 aliphatic rings. The Labute approximate surface area is 157 Å². The number of nitrogens with one attached hydrogen (secondary N) is 2. The normalized spacial score (nSPS) is 20.1. The summed E-state index contributed by atoms with van der Waals surface area (Å²) < 4.78 is 28.9. The van der Waals surface area contributed by atoms with Crippen LogP contribution in [0.15, 0.2) is 18.2 Å². The van der Waals surface area contributed by atoms with Crippen molar-refractivity contribution in [2.24, 2.45) is 0 Å². The van der Waals surface area contributed by atoms with Crippen LogP contribution >= 0.6 is 22.9 Å². The molecule has 3 rings (SSSR count). The van der Waals surface area contributed by atoms with Gasteiger partial charge in [-0.15, -0.1) is 11.3 Å². The van der Waals surface area contributed by atoms with Crippen molar-refractivity contribution in [3.05, 3.63) is 44.6 Å². The number of hydrogen-bond donors (Lipinski definition) is 2. The predicted octanol–water partition coefficient (Wildman–Crippen LogP) is 3.82. The molecule has 0 bridgehead atoms. The number of halogens is 3. The highest BCUT2D eigenvalue weighted by Crippen LogP contribution is 2.45. The molecule has 9 heteroatoms. The number of rotatable bonds is 2. The van der Waals surface area contributed by atoms with E-state index in [1.54, 1.807) is 13.0 Å². The predicted molar refractivity (Wildman–Crippen MR) is 95.0 cm³/mol. The van der Waals surface area contributed by atoms with Crippen LogP contribution in [0.5, 0.6) is 0 Å². The highest BCUT2D eigenvalue weighted by atomic mass is 35.5. The Morgan fingerprint density at radius 1 is 1.46 bits per heavy atom. The second-order valence-electron chi connectivity index (χ2n) is 6.14. The van der Waals surface area contributed by atoms with Crippen molar-refractivity contribution in [3.8, 4) is 17.2 Å². The highest BCUT2D eigenvalue weighted by molar-refractivity contribution is 7.17. The molecule has 0 radical (unpaired) electrons. The molecule has 1 fully saturated rings. The van der Waals surface area contributed by atoms with E-state index in [4.69, 9.17) is 22.3 Å². The molecule has 1 amide bonds. The van der Waals surface area contributed by atoms with E-state index in [2.05, 4.69) is 5.32 Å². The topological polar surface area (TPSA) is 80.0 Å². The van der Waals surface area contributed by atoms with Gasteiger partial charge in [0.2, 0.25) is 5.91 Å². The number of amides is 1. The van der Waals surface area contributed by atoms with Gasteiger partial charge < -0.3 is 5.32 Å². The van der Waals surface area contributed by atoms with Gasteiger partial charge >= 0.3 is 0 Å². The number of carbonyl (C=O) groups excluding carboxylic acids is 1. The molecule has 1 aromatic heterocycles. The van der Waals surface area contributed by atoms with Gasteiger partial charge in [0.25, 0.3) is 0 Å². The van der Waals surface area contributed by atoms with E-state index in [0.717, 1.165) is 22.3 Å². The Morgan fingerprint density at radius 3 is 2.77 bits per heavy atom. The van der Waals surface area contributed by atoms with Crippen LogP contribution in [-0.4, -0.2) is 23.8 Å². The summed E-state index contributed by atoms with van der Waals surface area (Å²) >= 11 is 7.18. The van der Waals surface area contributed by atoms with Crippen molar-refractivity contribution in [1.82, 2.24) is 10.2 Å². The summed E-state index contributed by atoms with van der Waals surface area (Å²) in [5.74, 6) is -1.82. The van der Waals surface area contributed by atoms with E-state index in [0.29, 0.717) is 0 Å². The molecule has 134 valence electrons. The number of thiophene rings is 1. The van der Waals surface area contributed by atoms with Gasteiger partial charge in [-0.3, -0.25) is 15.1 Å². The fourth-order valence-corrected chi connectivity index (χ4v) is 4.27. The molecule has 0 spiro atoms. The molecule has 1 saturated heterocycles. The Balaban J connectivity index is 2.11. The standard InChI is InChI=1S/C17H13ClF2N4OS/c1-17(6-11(25)24(2)16(22)23-17)14-13(20)12(15(18)26-14)8-3-4-10(19)9(5-8)7-21/h3-5H,6H2,1-2H3,(H2,22,23)/t17-/m0/s1. The van der Waals surface area contributed by atoms with Gasteiger partial charge in [0.05, 0.1) is 22.4 Å². The third-order valence-corrected chi connectivity index (χ3v) is 5.93. The minimum Gasteiger partial charge on any atom is -0.345 e. The number of nitriles is 1. The average Bonchev–Trinajstić information content (AvgIpc) is 2.89. The average molecular weight is 395 g/mol. The third kappa shape index (κ3) is 2.83. The lowest BCUT2D eigenvalue weighted by Gasteiger charge is -2.38. The van der Waals surface area contributed by atoms with Crippen LogP contribution in [0.3, 0.4) is 0 Å². The van der Waals surface area contributed by atoms with Gasteiger partial charge in [-0.05, 0) is 24.6 Å². The minimum atomic E-state index is -1.13. The van der Waals surface area contributed by atoms with Gasteiger partial charge in [0.15, 0.2) is 5.96 Å². The quantitative estimate of drug-likeness (QED) is 0.812. The Hall–Kier alpha value is -2.50. The molecule has 5 nitrogen and oxygen atoms in total. The minimum absolute atomic E-state index is 0.0455. The lowest BCUT2D eigenvalue weighted by molar-refractivity contribution is -0.129. The molecule has 0 aliphatic carbocycles. The first kappa shape index (κ1) is 18.3. The zero-order chi connectivity index (χ0) is 19.2. The van der Waals surface area contributed by atoms with Gasteiger partial charge in [0.1, 0.15) is 22.0 Å². The molecule has 2 heterocycles. The maximum Gasteiger partial charge on any atom is 0.231 e. The smallest absolute Gasteiger partial charge is 0.231 e. The zero-order valence-electron chi connectivity index (χ0n) is 13.8. The maximum absolute atomic E-state index is 15.2. The Morgan fingerprint density at radius 2 is 2.15 bits per heavy atom. The van der Waals surface area contributed by atoms with Crippen molar-refractivity contribution < 1.29 is 13.6 Å². The van der Waals surface area contributed by atoms with Crippen molar-refractivity contribution in [2.75, 3.05) is 7.05 Å². The summed E-state index contributed by atoms with van der Waals surface area (Å²) in [6, 6.07) is 5.36. The second kappa shape index (κ2) is 6.34. The van der Waals surface area contributed by atoms with Gasteiger partial charge in [-0.25, -0.2) is 8.78 Å². The largest absolute Gasteiger partial charge is 0.345 e. The molecular formula is C17H13ClF2N4OS. The van der Waals surface area contributed by atoms with Crippen molar-refractivity contribution in [1.29, 1.82) is 10.7 Å². The van der Waals surface area contributed by atoms with Gasteiger partial charge in [0, 0.05) is 12.6 Å². The lowest BCUT2D eigenvalue weighted by atomic mass is 9.91. The summed E-state index contributed by atoms with van der Waals surface area (Å²) in [5, 5.41) is 19.7. The summed E-state index contributed by atoms with van der Waals surface area (Å²) in [7, 11) is 1.46.